The van der Waals surface area contributed by atoms with E-state index < -0.39 is 5.56 Å². The van der Waals surface area contributed by atoms with Gasteiger partial charge in [-0.2, -0.15) is 5.10 Å². The summed E-state index contributed by atoms with van der Waals surface area (Å²) < 4.78 is 6.48. The number of aromatic nitrogens is 3. The van der Waals surface area contributed by atoms with Crippen LogP contribution in [0.5, 0.6) is 5.75 Å². The van der Waals surface area contributed by atoms with E-state index in [1.54, 1.807) is 12.3 Å². The Labute approximate surface area is 203 Å². The number of ether oxygens (including phenoxy) is 1. The smallest absolute Gasteiger partial charge is 0.288 e. The van der Waals surface area contributed by atoms with Gasteiger partial charge in [-0.25, -0.2) is 4.68 Å². The van der Waals surface area contributed by atoms with E-state index in [4.69, 9.17) is 21.4 Å². The molecule has 0 saturated heterocycles. The van der Waals surface area contributed by atoms with Gasteiger partial charge in [-0.3, -0.25) is 14.6 Å². The van der Waals surface area contributed by atoms with Crippen LogP contribution in [0.2, 0.25) is 5.02 Å². The molecular weight excluding hydrogens is 458 g/mol. The van der Waals surface area contributed by atoms with Crippen LogP contribution in [0.15, 0.2) is 29.5 Å². The second-order valence-corrected chi connectivity index (χ2v) is 10.3. The molecule has 2 bridgehead atoms. The van der Waals surface area contributed by atoms with Crippen molar-refractivity contribution in [2.75, 3.05) is 18.5 Å². The van der Waals surface area contributed by atoms with Crippen molar-refractivity contribution in [3.05, 3.63) is 45.6 Å². The molecule has 10 heteroatoms. The van der Waals surface area contributed by atoms with Crippen LogP contribution in [0.25, 0.3) is 0 Å². The van der Waals surface area contributed by atoms with Gasteiger partial charge in [0.1, 0.15) is 23.9 Å². The fraction of sp³-hybridized carbons (Fsp3) is 0.583. The molecule has 0 spiro atoms. The van der Waals surface area contributed by atoms with Gasteiger partial charge in [0.15, 0.2) is 0 Å². The Morgan fingerprint density at radius 1 is 1.35 bits per heavy atom. The number of carbonyl (C=O) groups is 1. The quantitative estimate of drug-likeness (QED) is 0.495. The summed E-state index contributed by atoms with van der Waals surface area (Å²) in [6.45, 7) is 6.88. The molecule has 4 atom stereocenters. The first-order valence-corrected chi connectivity index (χ1v) is 12.1. The molecule has 34 heavy (non-hydrogen) atoms. The van der Waals surface area contributed by atoms with Gasteiger partial charge in [0.25, 0.3) is 5.56 Å². The lowest BCUT2D eigenvalue weighted by atomic mass is 9.45. The van der Waals surface area contributed by atoms with Gasteiger partial charge < -0.3 is 20.5 Å². The molecule has 3 N–H and O–H groups in total. The van der Waals surface area contributed by atoms with Crippen molar-refractivity contribution in [3.63, 3.8) is 0 Å². The second-order valence-electron chi connectivity index (χ2n) is 9.87. The van der Waals surface area contributed by atoms with Gasteiger partial charge in [-0.15, -0.1) is 0 Å². The number of hydrogen-bond acceptors (Lipinski definition) is 7. The number of nitrogens with one attached hydrogen (secondary N) is 2. The minimum atomic E-state index is -0.508. The third-order valence-electron chi connectivity index (χ3n) is 7.67. The molecule has 3 aliphatic rings. The van der Waals surface area contributed by atoms with Gasteiger partial charge in [0, 0.05) is 24.3 Å². The van der Waals surface area contributed by atoms with E-state index in [9.17, 15) is 9.59 Å². The standard InChI is InChI=1S/C24H32ClN5O4/c1-14-17-8-16(24(17,2)3)9-18(14)29-19-11-28-30(23(33)22(19)25)13-21(32)27-10-15-4-5-26-12-20(15)34-7-6-31/h4-5,11-12,14,16-18,29,31H,6-10,13H2,1-3H3,(H,27,32)/t14-,16+,17-,18-/m1/s1. The van der Waals surface area contributed by atoms with Crippen LogP contribution in [0.4, 0.5) is 5.69 Å². The summed E-state index contributed by atoms with van der Waals surface area (Å²) in [6.07, 6.45) is 6.95. The van der Waals surface area contributed by atoms with Gasteiger partial charge in [0.05, 0.1) is 24.7 Å². The molecule has 2 heterocycles. The predicted octanol–water partition coefficient (Wildman–Crippen LogP) is 2.46. The molecule has 9 nitrogen and oxygen atoms in total. The molecule has 3 fully saturated rings. The first kappa shape index (κ1) is 24.5. The molecule has 184 valence electrons. The number of anilines is 1. The Morgan fingerprint density at radius 2 is 2.15 bits per heavy atom. The van der Waals surface area contributed by atoms with Crippen molar-refractivity contribution < 1.29 is 14.6 Å². The fourth-order valence-corrected chi connectivity index (χ4v) is 5.65. The molecule has 0 unspecified atom stereocenters. The third kappa shape index (κ3) is 4.77. The number of aliphatic hydroxyl groups excluding tert-OH is 1. The molecule has 0 aliphatic heterocycles. The highest BCUT2D eigenvalue weighted by molar-refractivity contribution is 6.32. The maximum Gasteiger partial charge on any atom is 0.288 e. The lowest BCUT2D eigenvalue weighted by Gasteiger charge is -2.62. The maximum absolute atomic E-state index is 12.8. The van der Waals surface area contributed by atoms with E-state index in [0.29, 0.717) is 40.2 Å². The Morgan fingerprint density at radius 3 is 2.85 bits per heavy atom. The average Bonchev–Trinajstić information content (AvgIpc) is 2.82. The molecular formula is C24H32ClN5O4. The zero-order chi connectivity index (χ0) is 24.5. The number of halogens is 1. The largest absolute Gasteiger partial charge is 0.489 e. The lowest BCUT2D eigenvalue weighted by molar-refractivity contribution is -0.122. The normalized spacial score (nSPS) is 24.7. The summed E-state index contributed by atoms with van der Waals surface area (Å²) in [5.74, 6) is 1.90. The van der Waals surface area contributed by atoms with Crippen LogP contribution in [0, 0.1) is 23.2 Å². The first-order chi connectivity index (χ1) is 16.2. The number of aliphatic hydroxyl groups is 1. The average molecular weight is 490 g/mol. The summed E-state index contributed by atoms with van der Waals surface area (Å²) in [7, 11) is 0. The number of amides is 1. The Hall–Kier alpha value is -2.65. The minimum absolute atomic E-state index is 0.0438. The van der Waals surface area contributed by atoms with E-state index >= 15 is 0 Å². The highest BCUT2D eigenvalue weighted by Crippen LogP contribution is 2.61. The summed E-state index contributed by atoms with van der Waals surface area (Å²) in [5.41, 5.74) is 1.09. The molecule has 3 saturated carbocycles. The Kier molecular flexibility index (Phi) is 7.14. The molecule has 0 radical (unpaired) electrons. The molecule has 2 aromatic heterocycles. The number of nitrogens with zero attached hydrogens (tertiary/aromatic N) is 3. The van der Waals surface area contributed by atoms with Crippen molar-refractivity contribution in [2.45, 2.75) is 52.7 Å². The Balaban J connectivity index is 1.36. The van der Waals surface area contributed by atoms with Gasteiger partial charge in [-0.1, -0.05) is 32.4 Å². The topological polar surface area (TPSA) is 118 Å². The zero-order valence-electron chi connectivity index (χ0n) is 19.8. The summed E-state index contributed by atoms with van der Waals surface area (Å²) in [5, 5.41) is 19.3. The third-order valence-corrected chi connectivity index (χ3v) is 8.03. The maximum atomic E-state index is 12.8. The molecule has 5 rings (SSSR count). The van der Waals surface area contributed by atoms with E-state index in [0.717, 1.165) is 11.1 Å². The van der Waals surface area contributed by atoms with Crippen molar-refractivity contribution in [3.8, 4) is 5.75 Å². The Bertz CT molecular complexity index is 1110. The van der Waals surface area contributed by atoms with Crippen LogP contribution < -0.4 is 20.9 Å². The van der Waals surface area contributed by atoms with Gasteiger partial charge in [0.2, 0.25) is 5.91 Å². The van der Waals surface area contributed by atoms with Gasteiger partial charge >= 0.3 is 0 Å². The van der Waals surface area contributed by atoms with Crippen molar-refractivity contribution in [1.82, 2.24) is 20.1 Å². The number of hydrogen-bond donors (Lipinski definition) is 3. The summed E-state index contributed by atoms with van der Waals surface area (Å²) in [4.78, 5) is 29.2. The SMILES string of the molecule is C[C@@H]1[C@H]2C[C@@H](C[C@H]1Nc1cnn(CC(=O)NCc3ccncc3OCCO)c(=O)c1Cl)C2(C)C. The van der Waals surface area contributed by atoms with Crippen LogP contribution >= 0.6 is 11.6 Å². The van der Waals surface area contributed by atoms with E-state index in [1.807, 2.05) is 0 Å². The van der Waals surface area contributed by atoms with Crippen LogP contribution in [0.3, 0.4) is 0 Å². The van der Waals surface area contributed by atoms with Crippen molar-refractivity contribution >= 4 is 23.2 Å². The molecule has 1 amide bonds. The van der Waals surface area contributed by atoms with Crippen molar-refractivity contribution in [2.24, 2.45) is 23.2 Å². The lowest BCUT2D eigenvalue weighted by Crippen LogP contribution is -2.58. The van der Waals surface area contributed by atoms with Crippen molar-refractivity contribution in [1.29, 1.82) is 0 Å². The number of fused-ring (bicyclic) bond motifs is 2. The van der Waals surface area contributed by atoms with E-state index in [1.165, 1.54) is 18.8 Å². The van der Waals surface area contributed by atoms with E-state index in [2.05, 4.69) is 41.5 Å². The highest BCUT2D eigenvalue weighted by Gasteiger charge is 2.56. The van der Waals surface area contributed by atoms with E-state index in [-0.39, 0.29) is 43.3 Å². The highest BCUT2D eigenvalue weighted by atomic mass is 35.5. The van der Waals surface area contributed by atoms with Crippen LogP contribution in [0.1, 0.15) is 39.2 Å². The zero-order valence-corrected chi connectivity index (χ0v) is 20.5. The number of pyridine rings is 1. The molecule has 2 aromatic rings. The fourth-order valence-electron chi connectivity index (χ4n) is 5.44. The minimum Gasteiger partial charge on any atom is -0.489 e. The second kappa shape index (κ2) is 9.92. The predicted molar refractivity (Wildman–Crippen MR) is 129 cm³/mol. The summed E-state index contributed by atoms with van der Waals surface area (Å²) in [6, 6.07) is 1.96. The summed E-state index contributed by atoms with van der Waals surface area (Å²) >= 11 is 6.38. The monoisotopic (exact) mass is 489 g/mol. The number of carbonyl (C=O) groups excluding carboxylic acids is 1. The molecule has 3 aliphatic carbocycles. The molecule has 0 aromatic carbocycles. The van der Waals surface area contributed by atoms with Gasteiger partial charge in [-0.05, 0) is 42.1 Å². The number of rotatable bonds is 9. The van der Waals surface area contributed by atoms with Crippen LogP contribution in [-0.2, 0) is 17.9 Å². The van der Waals surface area contributed by atoms with Crippen LogP contribution in [-0.4, -0.2) is 45.0 Å². The first-order valence-electron chi connectivity index (χ1n) is 11.7.